The van der Waals surface area contributed by atoms with Gasteiger partial charge in [-0.2, -0.15) is 0 Å². The Labute approximate surface area is 101 Å². The molecule has 86 valence electrons. The van der Waals surface area contributed by atoms with Crippen molar-refractivity contribution < 1.29 is 0 Å². The average molecular weight is 233 g/mol. The Bertz CT molecular complexity index is 509. The standard InChI is InChI=1S/C14H19NS/c1-8(2)11-5-6-13-12(7-11)9(3)14(16-13)10(4)15/h5-8,10H,15H2,1-4H3. The maximum Gasteiger partial charge on any atom is 0.0364 e. The van der Waals surface area contributed by atoms with Crippen molar-refractivity contribution in [1.82, 2.24) is 0 Å². The van der Waals surface area contributed by atoms with E-state index in [1.54, 1.807) is 0 Å². The van der Waals surface area contributed by atoms with Crippen LogP contribution in [0.1, 0.15) is 48.7 Å². The summed E-state index contributed by atoms with van der Waals surface area (Å²) in [4.78, 5) is 1.32. The van der Waals surface area contributed by atoms with Gasteiger partial charge in [-0.25, -0.2) is 0 Å². The summed E-state index contributed by atoms with van der Waals surface area (Å²) in [6.45, 7) is 8.70. The fraction of sp³-hybridized carbons (Fsp3) is 0.429. The summed E-state index contributed by atoms with van der Waals surface area (Å²) in [6.07, 6.45) is 0. The van der Waals surface area contributed by atoms with Crippen molar-refractivity contribution in [2.45, 2.75) is 39.7 Å². The predicted molar refractivity (Wildman–Crippen MR) is 73.3 cm³/mol. The summed E-state index contributed by atoms with van der Waals surface area (Å²) in [6, 6.07) is 6.92. The van der Waals surface area contributed by atoms with Gasteiger partial charge in [-0.3, -0.25) is 0 Å². The minimum Gasteiger partial charge on any atom is -0.323 e. The number of aryl methyl sites for hydroxylation is 1. The largest absolute Gasteiger partial charge is 0.323 e. The molecule has 0 aliphatic rings. The van der Waals surface area contributed by atoms with E-state index in [1.807, 2.05) is 11.3 Å². The summed E-state index contributed by atoms with van der Waals surface area (Å²) in [7, 11) is 0. The summed E-state index contributed by atoms with van der Waals surface area (Å²) in [5.41, 5.74) is 8.75. The molecule has 1 unspecified atom stereocenters. The third-order valence-corrected chi connectivity index (χ3v) is 4.55. The highest BCUT2D eigenvalue weighted by Crippen LogP contribution is 2.35. The molecule has 1 heterocycles. The lowest BCUT2D eigenvalue weighted by Crippen LogP contribution is -2.03. The van der Waals surface area contributed by atoms with Crippen molar-refractivity contribution >= 4 is 21.4 Å². The second-order valence-electron chi connectivity index (χ2n) is 4.79. The molecule has 0 radical (unpaired) electrons. The van der Waals surface area contributed by atoms with Gasteiger partial charge in [0.1, 0.15) is 0 Å². The van der Waals surface area contributed by atoms with Crippen LogP contribution in [0.15, 0.2) is 18.2 Å². The first kappa shape index (κ1) is 11.6. The van der Waals surface area contributed by atoms with Crippen LogP contribution in [0.4, 0.5) is 0 Å². The van der Waals surface area contributed by atoms with E-state index in [0.717, 1.165) is 0 Å². The smallest absolute Gasteiger partial charge is 0.0364 e. The molecule has 16 heavy (non-hydrogen) atoms. The van der Waals surface area contributed by atoms with E-state index in [-0.39, 0.29) is 6.04 Å². The lowest BCUT2D eigenvalue weighted by Gasteiger charge is -2.05. The molecule has 0 amide bonds. The summed E-state index contributed by atoms with van der Waals surface area (Å²) in [5.74, 6) is 0.586. The van der Waals surface area contributed by atoms with Gasteiger partial charge >= 0.3 is 0 Å². The van der Waals surface area contributed by atoms with Crippen LogP contribution in [0.5, 0.6) is 0 Å². The van der Waals surface area contributed by atoms with Crippen molar-refractivity contribution in [3.05, 3.63) is 34.2 Å². The van der Waals surface area contributed by atoms with Gasteiger partial charge in [0.25, 0.3) is 0 Å². The van der Waals surface area contributed by atoms with Crippen molar-refractivity contribution in [2.75, 3.05) is 0 Å². The maximum absolute atomic E-state index is 5.99. The Hall–Kier alpha value is -0.860. The quantitative estimate of drug-likeness (QED) is 0.819. The van der Waals surface area contributed by atoms with E-state index in [4.69, 9.17) is 5.73 Å². The number of hydrogen-bond donors (Lipinski definition) is 1. The van der Waals surface area contributed by atoms with Gasteiger partial charge in [-0.15, -0.1) is 11.3 Å². The molecular weight excluding hydrogens is 214 g/mol. The van der Waals surface area contributed by atoms with Gasteiger partial charge < -0.3 is 5.73 Å². The summed E-state index contributed by atoms with van der Waals surface area (Å²) in [5, 5.41) is 1.38. The summed E-state index contributed by atoms with van der Waals surface area (Å²) < 4.78 is 1.36. The molecule has 2 heteroatoms. The van der Waals surface area contributed by atoms with Crippen LogP contribution in [0, 0.1) is 6.92 Å². The van der Waals surface area contributed by atoms with E-state index < -0.39 is 0 Å². The van der Waals surface area contributed by atoms with Crippen LogP contribution in [0.3, 0.4) is 0 Å². The van der Waals surface area contributed by atoms with E-state index in [9.17, 15) is 0 Å². The molecule has 0 fully saturated rings. The molecule has 1 atom stereocenters. The zero-order chi connectivity index (χ0) is 11.9. The topological polar surface area (TPSA) is 26.0 Å². The fourth-order valence-electron chi connectivity index (χ4n) is 2.05. The van der Waals surface area contributed by atoms with Crippen molar-refractivity contribution in [2.24, 2.45) is 5.73 Å². The van der Waals surface area contributed by atoms with E-state index >= 15 is 0 Å². The number of thiophene rings is 1. The molecule has 0 bridgehead atoms. The lowest BCUT2D eigenvalue weighted by atomic mass is 10.00. The number of nitrogens with two attached hydrogens (primary N) is 1. The highest BCUT2D eigenvalue weighted by molar-refractivity contribution is 7.19. The van der Waals surface area contributed by atoms with Gasteiger partial charge in [0.2, 0.25) is 0 Å². The SMILES string of the molecule is Cc1c(C(C)N)sc2ccc(C(C)C)cc12. The van der Waals surface area contributed by atoms with Crippen LogP contribution >= 0.6 is 11.3 Å². The van der Waals surface area contributed by atoms with Crippen molar-refractivity contribution in [3.8, 4) is 0 Å². The highest BCUT2D eigenvalue weighted by Gasteiger charge is 2.12. The van der Waals surface area contributed by atoms with E-state index in [0.29, 0.717) is 5.92 Å². The Morgan fingerprint density at radius 3 is 2.44 bits per heavy atom. The molecular formula is C14H19NS. The monoisotopic (exact) mass is 233 g/mol. The molecule has 2 N–H and O–H groups in total. The Balaban J connectivity index is 2.64. The van der Waals surface area contributed by atoms with Gasteiger partial charge in [-0.1, -0.05) is 19.9 Å². The minimum atomic E-state index is 0.139. The van der Waals surface area contributed by atoms with Crippen LogP contribution in [-0.4, -0.2) is 0 Å². The maximum atomic E-state index is 5.99. The van der Waals surface area contributed by atoms with E-state index in [1.165, 1.54) is 26.1 Å². The molecule has 0 spiro atoms. The van der Waals surface area contributed by atoms with Gasteiger partial charge in [0.15, 0.2) is 0 Å². The second-order valence-corrected chi connectivity index (χ2v) is 5.87. The number of rotatable bonds is 2. The molecule has 1 aromatic carbocycles. The average Bonchev–Trinajstić information content (AvgIpc) is 2.56. The third-order valence-electron chi connectivity index (χ3n) is 3.08. The first-order valence-corrected chi connectivity index (χ1v) is 6.61. The summed E-state index contributed by atoms with van der Waals surface area (Å²) >= 11 is 1.83. The van der Waals surface area contributed by atoms with Crippen molar-refractivity contribution in [1.29, 1.82) is 0 Å². The van der Waals surface area contributed by atoms with Crippen LogP contribution in [0.25, 0.3) is 10.1 Å². The Kier molecular flexibility index (Phi) is 3.04. The molecule has 0 aliphatic carbocycles. The Morgan fingerprint density at radius 2 is 1.88 bits per heavy atom. The van der Waals surface area contributed by atoms with Gasteiger partial charge in [-0.05, 0) is 48.4 Å². The fourth-order valence-corrected chi connectivity index (χ4v) is 3.19. The Morgan fingerprint density at radius 1 is 1.19 bits per heavy atom. The normalized spacial score (nSPS) is 13.6. The number of fused-ring (bicyclic) bond motifs is 1. The predicted octanol–water partition coefficient (Wildman–Crippen LogP) is 4.35. The molecule has 1 nitrogen and oxygen atoms in total. The van der Waals surface area contributed by atoms with Crippen LogP contribution < -0.4 is 5.73 Å². The first-order valence-electron chi connectivity index (χ1n) is 5.79. The number of hydrogen-bond acceptors (Lipinski definition) is 2. The second kappa shape index (κ2) is 4.19. The first-order chi connectivity index (χ1) is 7.50. The zero-order valence-electron chi connectivity index (χ0n) is 10.4. The van der Waals surface area contributed by atoms with E-state index in [2.05, 4.69) is 45.9 Å². The van der Waals surface area contributed by atoms with Crippen LogP contribution in [0.2, 0.25) is 0 Å². The minimum absolute atomic E-state index is 0.139. The molecule has 0 saturated heterocycles. The van der Waals surface area contributed by atoms with Crippen molar-refractivity contribution in [3.63, 3.8) is 0 Å². The molecule has 2 rings (SSSR count). The molecule has 0 saturated carbocycles. The third kappa shape index (κ3) is 1.87. The highest BCUT2D eigenvalue weighted by atomic mass is 32.1. The van der Waals surface area contributed by atoms with Crippen LogP contribution in [-0.2, 0) is 0 Å². The van der Waals surface area contributed by atoms with Gasteiger partial charge in [0.05, 0.1) is 0 Å². The zero-order valence-corrected chi connectivity index (χ0v) is 11.2. The number of benzene rings is 1. The molecule has 0 aliphatic heterocycles. The van der Waals surface area contributed by atoms with Gasteiger partial charge in [0, 0.05) is 15.6 Å². The molecule has 2 aromatic rings. The lowest BCUT2D eigenvalue weighted by molar-refractivity contribution is 0.832. The molecule has 1 aromatic heterocycles.